The van der Waals surface area contributed by atoms with Crippen molar-refractivity contribution >= 4 is 34.2 Å². The Labute approximate surface area is 209 Å². The number of aryl methyl sites for hydroxylation is 1. The van der Waals surface area contributed by atoms with Crippen molar-refractivity contribution in [3.63, 3.8) is 0 Å². The third kappa shape index (κ3) is 4.03. The summed E-state index contributed by atoms with van der Waals surface area (Å²) in [7, 11) is -1.08. The third-order valence-corrected chi connectivity index (χ3v) is 10.4. The number of aromatic nitrogens is 2. The van der Waals surface area contributed by atoms with E-state index in [4.69, 9.17) is 21.6 Å². The largest absolute Gasteiger partial charge is 0.394 e. The van der Waals surface area contributed by atoms with Gasteiger partial charge in [-0.2, -0.15) is 4.98 Å². The maximum Gasteiger partial charge on any atom is 0.227 e. The standard InChI is InChI=1S/C26H33ClN4O2S/c27-20-6-4-18(5-7-20)19-8-12-25(13-9-19)15-31(16-25)24-28-21-3-1-14-34(33)22(21)23(29-24)30-26(17-32)10-2-11-26/h4-7,19,32H,1-3,8-17H2,(H,28,29,30)/t34-/m0/s1. The fourth-order valence-corrected chi connectivity index (χ4v) is 7.75. The molecule has 2 N–H and O–H groups in total. The third-order valence-electron chi connectivity index (χ3n) is 8.61. The quantitative estimate of drug-likeness (QED) is 0.621. The Balaban J connectivity index is 1.18. The van der Waals surface area contributed by atoms with Gasteiger partial charge in [0.05, 0.1) is 28.6 Å². The molecule has 1 saturated heterocycles. The van der Waals surface area contributed by atoms with Gasteiger partial charge in [0, 0.05) is 29.3 Å². The first kappa shape index (κ1) is 22.7. The van der Waals surface area contributed by atoms with E-state index in [1.807, 2.05) is 12.1 Å². The predicted molar refractivity (Wildman–Crippen MR) is 136 cm³/mol. The minimum atomic E-state index is -1.08. The molecule has 2 saturated carbocycles. The van der Waals surface area contributed by atoms with Crippen molar-refractivity contribution in [2.75, 3.05) is 35.7 Å². The number of aliphatic hydroxyl groups excluding tert-OH is 1. The van der Waals surface area contributed by atoms with Crippen molar-refractivity contribution in [2.45, 2.75) is 74.1 Å². The van der Waals surface area contributed by atoms with Gasteiger partial charge in [0.15, 0.2) is 0 Å². The molecule has 0 unspecified atom stereocenters. The van der Waals surface area contributed by atoms with Crippen molar-refractivity contribution in [2.24, 2.45) is 5.41 Å². The van der Waals surface area contributed by atoms with Crippen LogP contribution in [0.3, 0.4) is 0 Å². The van der Waals surface area contributed by atoms with Gasteiger partial charge in [-0.1, -0.05) is 23.7 Å². The fraction of sp³-hybridized carbons (Fsp3) is 0.615. The lowest BCUT2D eigenvalue weighted by molar-refractivity contribution is 0.126. The van der Waals surface area contributed by atoms with Crippen molar-refractivity contribution < 1.29 is 9.32 Å². The van der Waals surface area contributed by atoms with Crippen molar-refractivity contribution in [1.29, 1.82) is 0 Å². The average Bonchev–Trinajstić information content (AvgIpc) is 2.80. The van der Waals surface area contributed by atoms with Crippen LogP contribution in [0.15, 0.2) is 29.2 Å². The minimum absolute atomic E-state index is 0.0787. The summed E-state index contributed by atoms with van der Waals surface area (Å²) in [6, 6.07) is 8.36. The predicted octanol–water partition coefficient (Wildman–Crippen LogP) is 4.67. The molecule has 3 fully saturated rings. The number of rotatable bonds is 5. The molecule has 182 valence electrons. The van der Waals surface area contributed by atoms with Crippen molar-refractivity contribution in [1.82, 2.24) is 9.97 Å². The first-order chi connectivity index (χ1) is 16.5. The molecule has 6 rings (SSSR count). The molecule has 2 aromatic rings. The molecular weight excluding hydrogens is 468 g/mol. The molecule has 1 aromatic heterocycles. The lowest BCUT2D eigenvalue weighted by Gasteiger charge is -2.53. The van der Waals surface area contributed by atoms with Crippen molar-refractivity contribution in [3.05, 3.63) is 40.5 Å². The Bertz CT molecular complexity index is 1080. The first-order valence-corrected chi connectivity index (χ1v) is 14.4. The van der Waals surface area contributed by atoms with E-state index >= 15 is 0 Å². The number of aliphatic hydroxyl groups is 1. The number of nitrogens with one attached hydrogen (secondary N) is 1. The van der Waals surface area contributed by atoms with Crippen LogP contribution in [0.4, 0.5) is 11.8 Å². The molecule has 0 radical (unpaired) electrons. The average molecular weight is 501 g/mol. The summed E-state index contributed by atoms with van der Waals surface area (Å²) in [6.07, 6.45) is 9.57. The maximum absolute atomic E-state index is 12.9. The Morgan fingerprint density at radius 3 is 2.47 bits per heavy atom. The number of hydrogen-bond donors (Lipinski definition) is 2. The van der Waals surface area contributed by atoms with Gasteiger partial charge in [-0.25, -0.2) is 4.98 Å². The van der Waals surface area contributed by atoms with Crippen LogP contribution >= 0.6 is 11.6 Å². The van der Waals surface area contributed by atoms with Crippen LogP contribution in [-0.4, -0.2) is 50.3 Å². The number of halogens is 1. The summed E-state index contributed by atoms with van der Waals surface area (Å²) >= 11 is 6.07. The van der Waals surface area contributed by atoms with Gasteiger partial charge in [-0.05, 0) is 81.4 Å². The highest BCUT2D eigenvalue weighted by Crippen LogP contribution is 2.49. The van der Waals surface area contributed by atoms with E-state index in [9.17, 15) is 9.32 Å². The Morgan fingerprint density at radius 2 is 1.82 bits per heavy atom. The van der Waals surface area contributed by atoms with Gasteiger partial charge in [0.25, 0.3) is 0 Å². The zero-order chi connectivity index (χ0) is 23.3. The van der Waals surface area contributed by atoms with Crippen LogP contribution in [0.5, 0.6) is 0 Å². The zero-order valence-electron chi connectivity index (χ0n) is 19.6. The molecular formula is C26H33ClN4O2S. The van der Waals surface area contributed by atoms with Gasteiger partial charge in [0.1, 0.15) is 10.7 Å². The molecule has 1 atom stereocenters. The van der Waals surface area contributed by atoms with Crippen LogP contribution in [0.1, 0.15) is 68.5 Å². The Morgan fingerprint density at radius 1 is 1.09 bits per heavy atom. The minimum Gasteiger partial charge on any atom is -0.394 e. The molecule has 0 bridgehead atoms. The van der Waals surface area contributed by atoms with Gasteiger partial charge in [-0.15, -0.1) is 0 Å². The maximum atomic E-state index is 12.9. The smallest absolute Gasteiger partial charge is 0.227 e. The summed E-state index contributed by atoms with van der Waals surface area (Å²) in [5.74, 6) is 2.75. The van der Waals surface area contributed by atoms with E-state index in [0.717, 1.165) is 66.8 Å². The topological polar surface area (TPSA) is 78.4 Å². The first-order valence-electron chi connectivity index (χ1n) is 12.7. The second-order valence-corrected chi connectivity index (χ2v) is 12.8. The summed E-state index contributed by atoms with van der Waals surface area (Å²) in [5.41, 5.74) is 2.37. The van der Waals surface area contributed by atoms with E-state index in [2.05, 4.69) is 22.3 Å². The number of anilines is 2. The van der Waals surface area contributed by atoms with E-state index in [1.165, 1.54) is 31.2 Å². The molecule has 4 aliphatic rings. The van der Waals surface area contributed by atoms with Gasteiger partial charge < -0.3 is 15.3 Å². The van der Waals surface area contributed by atoms with E-state index in [-0.39, 0.29) is 12.1 Å². The molecule has 1 aromatic carbocycles. The molecule has 2 aliphatic carbocycles. The zero-order valence-corrected chi connectivity index (χ0v) is 21.1. The fourth-order valence-electron chi connectivity index (χ4n) is 6.29. The molecule has 6 nitrogen and oxygen atoms in total. The Hall–Kier alpha value is -1.70. The molecule has 0 amide bonds. The number of benzene rings is 1. The molecule has 8 heteroatoms. The lowest BCUT2D eigenvalue weighted by Crippen LogP contribution is -2.58. The van der Waals surface area contributed by atoms with Crippen LogP contribution in [0, 0.1) is 5.41 Å². The second kappa shape index (κ2) is 8.75. The number of fused-ring (bicyclic) bond motifs is 1. The van der Waals surface area contributed by atoms with Crippen LogP contribution in [-0.2, 0) is 17.2 Å². The van der Waals surface area contributed by atoms with Crippen molar-refractivity contribution in [3.8, 4) is 0 Å². The van der Waals surface area contributed by atoms with E-state index in [0.29, 0.717) is 22.9 Å². The molecule has 1 spiro atoms. The second-order valence-electron chi connectivity index (χ2n) is 10.9. The van der Waals surface area contributed by atoms with E-state index < -0.39 is 10.8 Å². The van der Waals surface area contributed by atoms with Crippen LogP contribution in [0.2, 0.25) is 5.02 Å². The SMILES string of the molecule is O=[S@]1CCCc2nc(N3CC4(CCC(c5ccc(Cl)cc5)CC4)C3)nc(NC3(CO)CCC3)c21. The highest BCUT2D eigenvalue weighted by atomic mass is 35.5. The summed E-state index contributed by atoms with van der Waals surface area (Å²) in [4.78, 5) is 12.9. The van der Waals surface area contributed by atoms with Crippen LogP contribution in [0.25, 0.3) is 0 Å². The highest BCUT2D eigenvalue weighted by Gasteiger charge is 2.47. The molecule has 2 aliphatic heterocycles. The monoisotopic (exact) mass is 500 g/mol. The van der Waals surface area contributed by atoms with Crippen LogP contribution < -0.4 is 10.2 Å². The normalized spacial score (nSPS) is 25.4. The summed E-state index contributed by atoms with van der Waals surface area (Å²) < 4.78 is 12.9. The van der Waals surface area contributed by atoms with Gasteiger partial charge in [0.2, 0.25) is 5.95 Å². The molecule has 34 heavy (non-hydrogen) atoms. The lowest BCUT2D eigenvalue weighted by atomic mass is 9.65. The molecule has 3 heterocycles. The van der Waals surface area contributed by atoms with Gasteiger partial charge in [-0.3, -0.25) is 4.21 Å². The highest BCUT2D eigenvalue weighted by molar-refractivity contribution is 7.85. The summed E-state index contributed by atoms with van der Waals surface area (Å²) in [5, 5.41) is 14.3. The Kier molecular flexibility index (Phi) is 5.85. The number of nitrogens with zero attached hydrogens (tertiary/aromatic N) is 3. The summed E-state index contributed by atoms with van der Waals surface area (Å²) in [6.45, 7) is 2.06. The van der Waals surface area contributed by atoms with E-state index in [1.54, 1.807) is 0 Å². The number of hydrogen-bond acceptors (Lipinski definition) is 6. The van der Waals surface area contributed by atoms with Gasteiger partial charge >= 0.3 is 0 Å².